The van der Waals surface area contributed by atoms with E-state index in [4.69, 9.17) is 27.9 Å². The number of ether oxygens (including phenoxy) is 1. The molecule has 0 saturated heterocycles. The predicted octanol–water partition coefficient (Wildman–Crippen LogP) is 4.52. The lowest BCUT2D eigenvalue weighted by molar-refractivity contribution is 0.0468. The maximum absolute atomic E-state index is 12.2. The van der Waals surface area contributed by atoms with Crippen LogP contribution in [0, 0.1) is 6.92 Å². The van der Waals surface area contributed by atoms with Crippen LogP contribution in [0.5, 0.6) is 0 Å². The number of hydrogen-bond donors (Lipinski definition) is 0. The number of esters is 1. The van der Waals surface area contributed by atoms with Gasteiger partial charge in [0.1, 0.15) is 22.3 Å². The van der Waals surface area contributed by atoms with Crippen molar-refractivity contribution in [1.29, 1.82) is 0 Å². The molecule has 0 atom stereocenters. The second-order valence-electron chi connectivity index (χ2n) is 5.10. The number of carbonyl (C=O) groups excluding carboxylic acids is 1. The van der Waals surface area contributed by atoms with Crippen molar-refractivity contribution in [3.63, 3.8) is 0 Å². The predicted molar refractivity (Wildman–Crippen MR) is 94.6 cm³/mol. The molecule has 8 heteroatoms. The molecule has 24 heavy (non-hydrogen) atoms. The van der Waals surface area contributed by atoms with Crippen molar-refractivity contribution in [3.05, 3.63) is 56.8 Å². The highest BCUT2D eigenvalue weighted by atomic mass is 35.5. The Balaban J connectivity index is 1.69. The number of carbonyl (C=O) groups is 1. The number of aromatic nitrogens is 3. The molecular weight excluding hydrogens is 369 g/mol. The monoisotopic (exact) mass is 381 g/mol. The van der Waals surface area contributed by atoms with Crippen molar-refractivity contribution in [2.45, 2.75) is 13.5 Å². The summed E-state index contributed by atoms with van der Waals surface area (Å²) in [5, 5.41) is 7.73. The molecule has 3 rings (SSSR count). The maximum atomic E-state index is 12.2. The zero-order chi connectivity index (χ0) is 17.3. The molecule has 0 N–H and O–H groups in total. The molecule has 0 unspecified atom stereocenters. The molecule has 5 nitrogen and oxygen atoms in total. The van der Waals surface area contributed by atoms with Gasteiger partial charge in [0, 0.05) is 23.0 Å². The van der Waals surface area contributed by atoms with E-state index in [0.717, 1.165) is 10.6 Å². The molecule has 1 aromatic carbocycles. The van der Waals surface area contributed by atoms with Gasteiger partial charge in [0.05, 0.1) is 11.4 Å². The number of rotatable bonds is 4. The fourth-order valence-electron chi connectivity index (χ4n) is 2.17. The quantitative estimate of drug-likeness (QED) is 0.623. The van der Waals surface area contributed by atoms with Gasteiger partial charge in [0.15, 0.2) is 0 Å². The third-order valence-corrected chi connectivity index (χ3v) is 4.98. The van der Waals surface area contributed by atoms with E-state index < -0.39 is 5.97 Å². The summed E-state index contributed by atoms with van der Waals surface area (Å²) < 4.78 is 6.74. The third kappa shape index (κ3) is 3.45. The van der Waals surface area contributed by atoms with E-state index in [1.807, 2.05) is 29.6 Å². The largest absolute Gasteiger partial charge is 0.455 e. The molecule has 0 aliphatic rings. The van der Waals surface area contributed by atoms with Gasteiger partial charge in [0.25, 0.3) is 0 Å². The smallest absolute Gasteiger partial charge is 0.343 e. The molecule has 0 saturated carbocycles. The van der Waals surface area contributed by atoms with Gasteiger partial charge in [-0.25, -0.2) is 9.78 Å². The molecule has 0 amide bonds. The summed E-state index contributed by atoms with van der Waals surface area (Å²) in [6.45, 7) is 1.79. The third-order valence-electron chi connectivity index (χ3n) is 3.35. The molecule has 2 aromatic heterocycles. The molecule has 2 heterocycles. The minimum Gasteiger partial charge on any atom is -0.455 e. The van der Waals surface area contributed by atoms with Crippen molar-refractivity contribution in [3.8, 4) is 10.6 Å². The number of aryl methyl sites for hydroxylation is 2. The fourth-order valence-corrected chi connectivity index (χ4v) is 3.36. The van der Waals surface area contributed by atoms with Crippen molar-refractivity contribution < 1.29 is 9.53 Å². The summed E-state index contributed by atoms with van der Waals surface area (Å²) in [5.74, 6) is -0.508. The van der Waals surface area contributed by atoms with Crippen molar-refractivity contribution in [1.82, 2.24) is 14.8 Å². The topological polar surface area (TPSA) is 57.0 Å². The first-order chi connectivity index (χ1) is 11.5. The van der Waals surface area contributed by atoms with Crippen LogP contribution in [0.15, 0.2) is 29.6 Å². The van der Waals surface area contributed by atoms with Crippen LogP contribution in [0.1, 0.15) is 21.7 Å². The Hall–Kier alpha value is -1.89. The lowest BCUT2D eigenvalue weighted by Crippen LogP contribution is -2.07. The van der Waals surface area contributed by atoms with E-state index in [-0.39, 0.29) is 17.3 Å². The highest BCUT2D eigenvalue weighted by molar-refractivity contribution is 7.13. The van der Waals surface area contributed by atoms with E-state index in [9.17, 15) is 4.79 Å². The Labute approximate surface area is 152 Å². The molecule has 3 aromatic rings. The van der Waals surface area contributed by atoms with Gasteiger partial charge < -0.3 is 4.74 Å². The summed E-state index contributed by atoms with van der Waals surface area (Å²) in [5.41, 5.74) is 2.46. The number of thiazole rings is 1. The van der Waals surface area contributed by atoms with Crippen LogP contribution in [-0.4, -0.2) is 20.7 Å². The van der Waals surface area contributed by atoms with Crippen molar-refractivity contribution in [2.24, 2.45) is 7.05 Å². The zero-order valence-electron chi connectivity index (χ0n) is 12.9. The highest BCUT2D eigenvalue weighted by Crippen LogP contribution is 2.26. The molecule has 0 aliphatic carbocycles. The summed E-state index contributed by atoms with van der Waals surface area (Å²) in [6.07, 6.45) is 0. The zero-order valence-corrected chi connectivity index (χ0v) is 15.2. The Morgan fingerprint density at radius 2 is 2.00 bits per heavy atom. The van der Waals surface area contributed by atoms with E-state index in [2.05, 4.69) is 10.1 Å². The van der Waals surface area contributed by atoms with E-state index in [1.165, 1.54) is 16.0 Å². The van der Waals surface area contributed by atoms with Crippen LogP contribution in [0.2, 0.25) is 10.2 Å². The first kappa shape index (κ1) is 17.0. The van der Waals surface area contributed by atoms with Crippen LogP contribution in [0.4, 0.5) is 0 Å². The van der Waals surface area contributed by atoms with Crippen LogP contribution < -0.4 is 0 Å². The molecular formula is C16H13Cl2N3O2S. The fraction of sp³-hybridized carbons (Fsp3) is 0.188. The standard InChI is InChI=1S/C16H13Cl2N3O2S/c1-9-13(14(18)21(2)20-9)16(22)23-7-12-8-24-15(19-12)10-3-5-11(17)6-4-10/h3-6,8H,7H2,1-2H3. The molecule has 124 valence electrons. The number of hydrogen-bond acceptors (Lipinski definition) is 5. The normalized spacial score (nSPS) is 10.8. The maximum Gasteiger partial charge on any atom is 0.343 e. The van der Waals surface area contributed by atoms with Crippen LogP contribution in [-0.2, 0) is 18.4 Å². The molecule has 0 spiro atoms. The first-order valence-corrected chi connectivity index (χ1v) is 8.66. The first-order valence-electron chi connectivity index (χ1n) is 7.02. The Morgan fingerprint density at radius 1 is 1.29 bits per heavy atom. The van der Waals surface area contributed by atoms with Gasteiger partial charge in [-0.15, -0.1) is 11.3 Å². The van der Waals surface area contributed by atoms with Gasteiger partial charge in [-0.3, -0.25) is 4.68 Å². The highest BCUT2D eigenvalue weighted by Gasteiger charge is 2.20. The minimum absolute atomic E-state index is 0.0770. The molecule has 0 bridgehead atoms. The van der Waals surface area contributed by atoms with Crippen molar-refractivity contribution >= 4 is 40.5 Å². The van der Waals surface area contributed by atoms with Gasteiger partial charge in [0.2, 0.25) is 0 Å². The Kier molecular flexibility index (Phi) is 4.89. The summed E-state index contributed by atoms with van der Waals surface area (Å²) in [7, 11) is 1.67. The average molecular weight is 382 g/mol. The molecule has 0 aliphatic heterocycles. The summed E-state index contributed by atoms with van der Waals surface area (Å²) in [6, 6.07) is 7.42. The molecule has 0 fully saturated rings. The Bertz CT molecular complexity index is 887. The van der Waals surface area contributed by atoms with Crippen LogP contribution >= 0.6 is 34.5 Å². The SMILES string of the molecule is Cc1nn(C)c(Cl)c1C(=O)OCc1csc(-c2ccc(Cl)cc2)n1. The Morgan fingerprint density at radius 3 is 2.62 bits per heavy atom. The van der Waals surface area contributed by atoms with Gasteiger partial charge >= 0.3 is 5.97 Å². The van der Waals surface area contributed by atoms with Crippen LogP contribution in [0.3, 0.4) is 0 Å². The lowest BCUT2D eigenvalue weighted by atomic mass is 10.2. The van der Waals surface area contributed by atoms with E-state index in [1.54, 1.807) is 14.0 Å². The van der Waals surface area contributed by atoms with Crippen molar-refractivity contribution in [2.75, 3.05) is 0 Å². The summed E-state index contributed by atoms with van der Waals surface area (Å²) in [4.78, 5) is 16.7. The van der Waals surface area contributed by atoms with E-state index >= 15 is 0 Å². The second-order valence-corrected chi connectivity index (χ2v) is 6.75. The summed E-state index contributed by atoms with van der Waals surface area (Å²) >= 11 is 13.4. The minimum atomic E-state index is -0.508. The number of benzene rings is 1. The average Bonchev–Trinajstić information content (AvgIpc) is 3.11. The second kappa shape index (κ2) is 6.93. The van der Waals surface area contributed by atoms with Gasteiger partial charge in [-0.2, -0.15) is 5.10 Å². The van der Waals surface area contributed by atoms with Gasteiger partial charge in [-0.1, -0.05) is 35.3 Å². The number of halogens is 2. The number of nitrogens with zero attached hydrogens (tertiary/aromatic N) is 3. The van der Waals surface area contributed by atoms with Crippen LogP contribution in [0.25, 0.3) is 10.6 Å². The van der Waals surface area contributed by atoms with E-state index in [0.29, 0.717) is 16.4 Å². The van der Waals surface area contributed by atoms with Gasteiger partial charge in [-0.05, 0) is 19.1 Å². The molecule has 0 radical (unpaired) electrons. The lowest BCUT2D eigenvalue weighted by Gasteiger charge is -2.02.